The predicted octanol–water partition coefficient (Wildman–Crippen LogP) is 5.00. The number of fused-ring (bicyclic) bond motifs is 2. The molecule has 0 unspecified atom stereocenters. The first-order chi connectivity index (χ1) is 16.8. The molecule has 5 rings (SSSR count). The van der Waals surface area contributed by atoms with Gasteiger partial charge in [0.05, 0.1) is 24.0 Å². The Bertz CT molecular complexity index is 1060. The topological polar surface area (TPSA) is 53.8 Å². The van der Waals surface area contributed by atoms with Crippen molar-refractivity contribution >= 4 is 23.1 Å². The van der Waals surface area contributed by atoms with E-state index >= 15 is 0 Å². The number of hydrogen-bond donors (Lipinski definition) is 0. The van der Waals surface area contributed by atoms with Gasteiger partial charge in [-0.05, 0) is 37.5 Å². The first-order valence-electron chi connectivity index (χ1n) is 12.7. The second kappa shape index (κ2) is 10.5. The fraction of sp³-hybridized carbons (Fsp3) is 0.615. The Kier molecular flexibility index (Phi) is 7.64. The minimum Gasteiger partial charge on any atom is -0.381 e. The number of likely N-dealkylation sites (N-methyl/N-ethyl adjacent to an activating group) is 1. The molecule has 0 N–H and O–H groups in total. The van der Waals surface area contributed by atoms with Crippen LogP contribution in [-0.2, 0) is 22.5 Å². The van der Waals surface area contributed by atoms with Gasteiger partial charge in [0.1, 0.15) is 0 Å². The molecule has 9 heteroatoms. The molecule has 0 radical (unpaired) electrons. The zero-order chi connectivity index (χ0) is 25.3. The van der Waals surface area contributed by atoms with Crippen LogP contribution in [0.15, 0.2) is 12.1 Å². The third kappa shape index (κ3) is 4.75. The SMILES string of the molecule is CC.CC(=O)N1CCc2c(c(N3CCN(C)c4cc(C)c(C(F)F)cc43)nn2C2CCOCC2)C1. The van der Waals surface area contributed by atoms with Gasteiger partial charge in [-0.25, -0.2) is 8.78 Å². The van der Waals surface area contributed by atoms with Gasteiger partial charge in [-0.15, -0.1) is 0 Å². The van der Waals surface area contributed by atoms with Crippen LogP contribution in [-0.4, -0.2) is 60.5 Å². The molecule has 1 aromatic carbocycles. The molecule has 1 saturated heterocycles. The standard InChI is InChI=1S/C24H31F2N5O2.C2H6/c1-15-12-21-22(13-18(15)23(25)26)30(9-8-28(21)3)24-19-14-29(16(2)32)7-4-20(19)31(27-24)17-5-10-33-11-6-17;1-2/h12-13,17,23H,4-11,14H2,1-3H3;1-2H3. The highest BCUT2D eigenvalue weighted by molar-refractivity contribution is 5.81. The first kappa shape index (κ1) is 25.4. The molecule has 0 aliphatic carbocycles. The van der Waals surface area contributed by atoms with E-state index in [0.717, 1.165) is 54.3 Å². The minimum atomic E-state index is -2.54. The molecule has 1 amide bonds. The van der Waals surface area contributed by atoms with Crippen molar-refractivity contribution in [2.45, 2.75) is 66.0 Å². The number of benzene rings is 1. The molecule has 0 bridgehead atoms. The van der Waals surface area contributed by atoms with Crippen molar-refractivity contribution in [1.82, 2.24) is 14.7 Å². The van der Waals surface area contributed by atoms with E-state index in [9.17, 15) is 13.6 Å². The molecule has 0 atom stereocenters. The molecule has 3 aliphatic heterocycles. The Hall–Kier alpha value is -2.68. The summed E-state index contributed by atoms with van der Waals surface area (Å²) in [5.74, 6) is 0.834. The maximum atomic E-state index is 13.8. The Labute approximate surface area is 206 Å². The number of anilines is 3. The maximum Gasteiger partial charge on any atom is 0.264 e. The van der Waals surface area contributed by atoms with Gasteiger partial charge in [-0.2, -0.15) is 5.10 Å². The van der Waals surface area contributed by atoms with Crippen LogP contribution in [0.2, 0.25) is 0 Å². The number of hydrogen-bond acceptors (Lipinski definition) is 5. The van der Waals surface area contributed by atoms with E-state index in [-0.39, 0.29) is 17.5 Å². The number of halogens is 2. The van der Waals surface area contributed by atoms with E-state index in [4.69, 9.17) is 9.84 Å². The molecule has 35 heavy (non-hydrogen) atoms. The summed E-state index contributed by atoms with van der Waals surface area (Å²) in [6, 6.07) is 3.73. The van der Waals surface area contributed by atoms with Gasteiger partial charge in [-0.1, -0.05) is 13.8 Å². The second-order valence-corrected chi connectivity index (χ2v) is 9.30. The fourth-order valence-electron chi connectivity index (χ4n) is 5.31. The summed E-state index contributed by atoms with van der Waals surface area (Å²) in [6.45, 7) is 11.3. The van der Waals surface area contributed by atoms with Crippen molar-refractivity contribution in [3.05, 3.63) is 34.5 Å². The van der Waals surface area contributed by atoms with Crippen molar-refractivity contribution in [3.63, 3.8) is 0 Å². The summed E-state index contributed by atoms with van der Waals surface area (Å²) >= 11 is 0. The zero-order valence-electron chi connectivity index (χ0n) is 21.5. The van der Waals surface area contributed by atoms with Crippen molar-refractivity contribution in [2.75, 3.05) is 49.7 Å². The Morgan fingerprint density at radius 2 is 1.83 bits per heavy atom. The largest absolute Gasteiger partial charge is 0.381 e. The summed E-state index contributed by atoms with van der Waals surface area (Å²) in [4.78, 5) is 18.2. The van der Waals surface area contributed by atoms with Gasteiger partial charge >= 0.3 is 0 Å². The molecule has 4 heterocycles. The van der Waals surface area contributed by atoms with Crippen LogP contribution < -0.4 is 9.80 Å². The number of carbonyl (C=O) groups is 1. The third-order valence-electron chi connectivity index (χ3n) is 7.26. The summed E-state index contributed by atoms with van der Waals surface area (Å²) in [7, 11) is 1.99. The van der Waals surface area contributed by atoms with Crippen LogP contribution in [0.5, 0.6) is 0 Å². The summed E-state index contributed by atoms with van der Waals surface area (Å²) < 4.78 is 35.3. The molecule has 0 spiro atoms. The zero-order valence-corrected chi connectivity index (χ0v) is 21.5. The Morgan fingerprint density at radius 3 is 2.49 bits per heavy atom. The van der Waals surface area contributed by atoms with Gasteiger partial charge in [0.25, 0.3) is 6.43 Å². The van der Waals surface area contributed by atoms with Crippen LogP contribution in [0.1, 0.15) is 68.5 Å². The number of aryl methyl sites for hydroxylation is 1. The molecule has 2 aromatic rings. The number of nitrogens with zero attached hydrogens (tertiary/aromatic N) is 5. The van der Waals surface area contributed by atoms with Gasteiger partial charge in [0.15, 0.2) is 5.82 Å². The van der Waals surface area contributed by atoms with Crippen LogP contribution in [0, 0.1) is 6.92 Å². The average molecular weight is 490 g/mol. The van der Waals surface area contributed by atoms with Gasteiger partial charge in [0, 0.05) is 70.1 Å². The van der Waals surface area contributed by atoms with Crippen LogP contribution in [0.25, 0.3) is 0 Å². The number of carbonyl (C=O) groups excluding carboxylic acids is 1. The normalized spacial score (nSPS) is 18.2. The molecule has 1 aromatic heterocycles. The fourth-order valence-corrected chi connectivity index (χ4v) is 5.31. The monoisotopic (exact) mass is 489 g/mol. The van der Waals surface area contributed by atoms with Gasteiger partial charge in [0.2, 0.25) is 5.91 Å². The number of aromatic nitrogens is 2. The van der Waals surface area contributed by atoms with Crippen LogP contribution >= 0.6 is 0 Å². The van der Waals surface area contributed by atoms with E-state index in [1.807, 2.05) is 31.9 Å². The highest BCUT2D eigenvalue weighted by Gasteiger charge is 2.34. The maximum absolute atomic E-state index is 13.8. The first-order valence-corrected chi connectivity index (χ1v) is 12.7. The van der Waals surface area contributed by atoms with E-state index in [1.54, 1.807) is 19.9 Å². The Balaban J connectivity index is 0.00000141. The highest BCUT2D eigenvalue weighted by Crippen LogP contribution is 2.43. The third-order valence-corrected chi connectivity index (χ3v) is 7.26. The van der Waals surface area contributed by atoms with Crippen molar-refractivity contribution in [2.24, 2.45) is 0 Å². The molecular formula is C26H37F2N5O2. The quantitative estimate of drug-likeness (QED) is 0.608. The van der Waals surface area contributed by atoms with E-state index in [1.165, 1.54) is 0 Å². The van der Waals surface area contributed by atoms with E-state index in [0.29, 0.717) is 38.4 Å². The lowest BCUT2D eigenvalue weighted by atomic mass is 10.0. The van der Waals surface area contributed by atoms with Gasteiger partial charge in [-0.3, -0.25) is 9.48 Å². The lowest BCUT2D eigenvalue weighted by Gasteiger charge is -2.37. The summed E-state index contributed by atoms with van der Waals surface area (Å²) in [6.07, 6.45) is 0.0119. The molecule has 192 valence electrons. The number of rotatable bonds is 3. The number of alkyl halides is 2. The van der Waals surface area contributed by atoms with E-state index < -0.39 is 6.43 Å². The Morgan fingerprint density at radius 1 is 1.11 bits per heavy atom. The lowest BCUT2D eigenvalue weighted by Crippen LogP contribution is -2.38. The van der Waals surface area contributed by atoms with Crippen LogP contribution in [0.4, 0.5) is 26.0 Å². The van der Waals surface area contributed by atoms with Crippen LogP contribution in [0.3, 0.4) is 0 Å². The minimum absolute atomic E-state index is 0.0415. The molecule has 7 nitrogen and oxygen atoms in total. The average Bonchev–Trinajstić information content (AvgIpc) is 3.24. The molecular weight excluding hydrogens is 452 g/mol. The lowest BCUT2D eigenvalue weighted by molar-refractivity contribution is -0.129. The predicted molar refractivity (Wildman–Crippen MR) is 134 cm³/mol. The second-order valence-electron chi connectivity index (χ2n) is 9.30. The number of ether oxygens (including phenoxy) is 1. The van der Waals surface area contributed by atoms with E-state index in [2.05, 4.69) is 14.5 Å². The molecule has 1 fully saturated rings. The van der Waals surface area contributed by atoms with Crippen molar-refractivity contribution < 1.29 is 18.3 Å². The molecule has 3 aliphatic rings. The van der Waals surface area contributed by atoms with Crippen molar-refractivity contribution in [1.29, 1.82) is 0 Å². The summed E-state index contributed by atoms with van der Waals surface area (Å²) in [5.41, 5.74) is 4.53. The summed E-state index contributed by atoms with van der Waals surface area (Å²) in [5, 5.41) is 5.10. The number of amides is 1. The van der Waals surface area contributed by atoms with Gasteiger partial charge < -0.3 is 19.4 Å². The van der Waals surface area contributed by atoms with Crippen molar-refractivity contribution in [3.8, 4) is 0 Å². The smallest absolute Gasteiger partial charge is 0.264 e. The molecule has 0 saturated carbocycles. The highest BCUT2D eigenvalue weighted by atomic mass is 19.3.